The van der Waals surface area contributed by atoms with Crippen LogP contribution in [0.15, 0.2) is 48.8 Å². The van der Waals surface area contributed by atoms with Crippen molar-refractivity contribution in [2.24, 2.45) is 0 Å². The van der Waals surface area contributed by atoms with Gasteiger partial charge in [0.25, 0.3) is 5.91 Å². The number of thiophene rings is 1. The lowest BCUT2D eigenvalue weighted by molar-refractivity contribution is 0.0967. The van der Waals surface area contributed by atoms with Crippen LogP contribution in [0.3, 0.4) is 0 Å². The van der Waals surface area contributed by atoms with Crippen molar-refractivity contribution in [3.05, 3.63) is 63.6 Å². The van der Waals surface area contributed by atoms with Gasteiger partial charge in [0, 0.05) is 17.3 Å². The summed E-state index contributed by atoms with van der Waals surface area (Å²) in [6.45, 7) is 1.97. The van der Waals surface area contributed by atoms with E-state index in [4.69, 9.17) is 11.6 Å². The largest absolute Gasteiger partial charge is 0.354 e. The van der Waals surface area contributed by atoms with Gasteiger partial charge >= 0.3 is 0 Å². The predicted molar refractivity (Wildman–Crippen MR) is 110 cm³/mol. The number of pyridine rings is 1. The highest BCUT2D eigenvalue weighted by atomic mass is 35.5. The topological polar surface area (TPSA) is 71.8 Å². The van der Waals surface area contributed by atoms with Crippen LogP contribution in [0.25, 0.3) is 16.7 Å². The van der Waals surface area contributed by atoms with E-state index < -0.39 is 0 Å². The number of nitrogens with one attached hydrogen (secondary N) is 2. The molecule has 0 aliphatic heterocycles. The van der Waals surface area contributed by atoms with E-state index in [1.807, 2.05) is 43.3 Å². The van der Waals surface area contributed by atoms with Gasteiger partial charge in [-0.1, -0.05) is 23.7 Å². The molecule has 27 heavy (non-hydrogen) atoms. The summed E-state index contributed by atoms with van der Waals surface area (Å²) in [6.07, 6.45) is 3.50. The third kappa shape index (κ3) is 3.27. The minimum atomic E-state index is -0.106. The first-order valence-corrected chi connectivity index (χ1v) is 9.44. The Morgan fingerprint density at radius 1 is 1.22 bits per heavy atom. The van der Waals surface area contributed by atoms with Crippen molar-refractivity contribution in [2.45, 2.75) is 6.92 Å². The number of hydrogen-bond acceptors (Lipinski definition) is 5. The number of para-hydroxylation sites is 1. The zero-order valence-corrected chi connectivity index (χ0v) is 16.2. The molecule has 0 bridgehead atoms. The number of fused-ring (bicyclic) bond motifs is 1. The maximum atomic E-state index is 11.9. The smallest absolute Gasteiger partial charge is 0.261 e. The molecule has 4 aromatic rings. The minimum Gasteiger partial charge on any atom is -0.354 e. The Morgan fingerprint density at radius 3 is 2.81 bits per heavy atom. The van der Waals surface area contributed by atoms with Crippen LogP contribution in [0.1, 0.15) is 14.5 Å². The van der Waals surface area contributed by atoms with Crippen molar-refractivity contribution in [1.82, 2.24) is 20.1 Å². The molecule has 136 valence electrons. The fourth-order valence-electron chi connectivity index (χ4n) is 2.80. The van der Waals surface area contributed by atoms with Gasteiger partial charge < -0.3 is 10.6 Å². The average molecular weight is 398 g/mol. The van der Waals surface area contributed by atoms with E-state index in [-0.39, 0.29) is 5.91 Å². The summed E-state index contributed by atoms with van der Waals surface area (Å²) in [5.74, 6) is -0.106. The fraction of sp³-hybridized carbons (Fsp3) is 0.105. The molecular weight excluding hydrogens is 382 g/mol. The van der Waals surface area contributed by atoms with Gasteiger partial charge in [-0.2, -0.15) is 5.10 Å². The Bertz CT molecular complexity index is 1150. The highest BCUT2D eigenvalue weighted by Crippen LogP contribution is 2.29. The zero-order chi connectivity index (χ0) is 19.0. The molecule has 8 heteroatoms. The number of nitrogens with zero attached hydrogens (tertiary/aromatic N) is 3. The lowest BCUT2D eigenvalue weighted by Crippen LogP contribution is -2.16. The second kappa shape index (κ2) is 7.02. The minimum absolute atomic E-state index is 0.106. The molecule has 6 nitrogen and oxygen atoms in total. The highest BCUT2D eigenvalue weighted by molar-refractivity contribution is 7.14. The van der Waals surface area contributed by atoms with Gasteiger partial charge in [-0.3, -0.25) is 4.79 Å². The number of amides is 1. The monoisotopic (exact) mass is 397 g/mol. The molecule has 2 N–H and O–H groups in total. The van der Waals surface area contributed by atoms with Crippen molar-refractivity contribution < 1.29 is 4.79 Å². The summed E-state index contributed by atoms with van der Waals surface area (Å²) in [5, 5.41) is 11.9. The van der Waals surface area contributed by atoms with Gasteiger partial charge in [-0.25, -0.2) is 9.67 Å². The van der Waals surface area contributed by atoms with E-state index in [0.717, 1.165) is 33.0 Å². The van der Waals surface area contributed by atoms with Crippen LogP contribution in [-0.4, -0.2) is 27.7 Å². The number of anilines is 2. The molecule has 4 rings (SSSR count). The maximum absolute atomic E-state index is 11.9. The van der Waals surface area contributed by atoms with Crippen molar-refractivity contribution in [3.63, 3.8) is 0 Å². The first kappa shape index (κ1) is 17.5. The third-order valence-corrected chi connectivity index (χ3v) is 5.50. The van der Waals surface area contributed by atoms with Crippen LogP contribution < -0.4 is 10.6 Å². The zero-order valence-electron chi connectivity index (χ0n) is 14.7. The molecule has 0 spiro atoms. The van der Waals surface area contributed by atoms with Crippen molar-refractivity contribution in [2.75, 3.05) is 12.4 Å². The molecule has 0 unspecified atom stereocenters. The van der Waals surface area contributed by atoms with Crippen LogP contribution in [0, 0.1) is 6.92 Å². The summed E-state index contributed by atoms with van der Waals surface area (Å²) in [6, 6.07) is 11.3. The van der Waals surface area contributed by atoms with Gasteiger partial charge in [0.15, 0.2) is 5.65 Å². The summed E-state index contributed by atoms with van der Waals surface area (Å²) in [7, 11) is 1.62. The highest BCUT2D eigenvalue weighted by Gasteiger charge is 2.15. The summed E-state index contributed by atoms with van der Waals surface area (Å²) >= 11 is 7.64. The molecule has 3 aromatic heterocycles. The molecule has 0 atom stereocenters. The SMILES string of the molecule is CNC(=O)c1cc(-n2ncc3cc(Nc4ccccc4Cl)cnc32)c(C)s1. The van der Waals surface area contributed by atoms with Crippen LogP contribution >= 0.6 is 22.9 Å². The maximum Gasteiger partial charge on any atom is 0.261 e. The molecule has 3 heterocycles. The lowest BCUT2D eigenvalue weighted by atomic mass is 10.3. The third-order valence-electron chi connectivity index (χ3n) is 4.13. The molecule has 1 aromatic carbocycles. The predicted octanol–water partition coefficient (Wildman–Crippen LogP) is 4.55. The van der Waals surface area contributed by atoms with Crippen LogP contribution in [0.4, 0.5) is 11.4 Å². The molecule has 0 aliphatic rings. The lowest BCUT2D eigenvalue weighted by Gasteiger charge is -2.08. The second-order valence-corrected chi connectivity index (χ2v) is 7.59. The number of halogens is 1. The van der Waals surface area contributed by atoms with E-state index in [2.05, 4.69) is 20.7 Å². The van der Waals surface area contributed by atoms with E-state index in [0.29, 0.717) is 9.90 Å². The van der Waals surface area contributed by atoms with E-state index >= 15 is 0 Å². The Labute approximate surface area is 164 Å². The first-order chi connectivity index (χ1) is 13.1. The van der Waals surface area contributed by atoms with E-state index in [1.165, 1.54) is 11.3 Å². The van der Waals surface area contributed by atoms with Crippen LogP contribution in [-0.2, 0) is 0 Å². The number of rotatable bonds is 4. The van der Waals surface area contributed by atoms with Crippen molar-refractivity contribution >= 4 is 51.3 Å². The van der Waals surface area contributed by atoms with E-state index in [1.54, 1.807) is 24.1 Å². The standard InChI is InChI=1S/C19H16ClN5OS/c1-11-16(8-17(27-11)19(26)21-2)25-18-12(9-23-25)7-13(10-22-18)24-15-6-4-3-5-14(15)20/h3-10,24H,1-2H3,(H,21,26). The quantitative estimate of drug-likeness (QED) is 0.530. The molecule has 0 radical (unpaired) electrons. The van der Waals surface area contributed by atoms with Gasteiger partial charge in [-0.15, -0.1) is 11.3 Å². The Kier molecular flexibility index (Phi) is 4.55. The summed E-state index contributed by atoms with van der Waals surface area (Å²) in [4.78, 5) is 18.1. The molecule has 0 saturated carbocycles. The van der Waals surface area contributed by atoms with Gasteiger partial charge in [-0.05, 0) is 31.2 Å². The molecule has 0 aliphatic carbocycles. The second-order valence-electron chi connectivity index (χ2n) is 5.93. The molecule has 0 fully saturated rings. The first-order valence-electron chi connectivity index (χ1n) is 8.25. The van der Waals surface area contributed by atoms with Crippen molar-refractivity contribution in [3.8, 4) is 5.69 Å². The number of benzene rings is 1. The van der Waals surface area contributed by atoms with Gasteiger partial charge in [0.1, 0.15) is 0 Å². The average Bonchev–Trinajstić information content (AvgIpc) is 3.25. The number of aryl methyl sites for hydroxylation is 1. The number of carbonyl (C=O) groups excluding carboxylic acids is 1. The normalized spacial score (nSPS) is 10.9. The molecular formula is C19H16ClN5OS. The van der Waals surface area contributed by atoms with E-state index in [9.17, 15) is 4.79 Å². The molecule has 1 amide bonds. The summed E-state index contributed by atoms with van der Waals surface area (Å²) in [5.41, 5.74) is 3.22. The Balaban J connectivity index is 1.70. The number of aromatic nitrogens is 3. The van der Waals surface area contributed by atoms with Gasteiger partial charge in [0.05, 0.1) is 39.4 Å². The van der Waals surface area contributed by atoms with Crippen LogP contribution in [0.5, 0.6) is 0 Å². The Morgan fingerprint density at radius 2 is 2.04 bits per heavy atom. The number of carbonyl (C=O) groups is 1. The Hall–Kier alpha value is -2.90. The number of hydrogen-bond donors (Lipinski definition) is 2. The molecule has 0 saturated heterocycles. The van der Waals surface area contributed by atoms with Gasteiger partial charge in [0.2, 0.25) is 0 Å². The summed E-state index contributed by atoms with van der Waals surface area (Å²) < 4.78 is 1.76. The van der Waals surface area contributed by atoms with Crippen LogP contribution in [0.2, 0.25) is 5.02 Å². The van der Waals surface area contributed by atoms with Crippen molar-refractivity contribution in [1.29, 1.82) is 0 Å². The fourth-order valence-corrected chi connectivity index (χ4v) is 3.93.